The molecular weight excluding hydrogens is 1420 g/mol. The molecule has 4 aromatic heterocycles. The van der Waals surface area contributed by atoms with Gasteiger partial charge in [0.1, 0.15) is 0 Å². The number of hydrogen-bond acceptors (Lipinski definition) is 16. The highest BCUT2D eigenvalue weighted by atomic mass is 16.8. The Morgan fingerprint density at radius 1 is 0.319 bits per heavy atom. The van der Waals surface area contributed by atoms with E-state index >= 15 is 0 Å². The zero-order valence-corrected chi connectivity index (χ0v) is 73.3. The topological polar surface area (TPSA) is 162 Å². The van der Waals surface area contributed by atoms with Crippen molar-refractivity contribution < 1.29 is 56.8 Å². The van der Waals surface area contributed by atoms with Gasteiger partial charge in [-0.1, -0.05) is 128 Å². The Morgan fingerprint density at radius 2 is 0.513 bits per heavy atom. The summed E-state index contributed by atoms with van der Waals surface area (Å²) in [6.07, 6.45) is 40.2. The highest BCUT2D eigenvalue weighted by molar-refractivity contribution is 5.55. The number of quaternary nitrogens is 4. The molecular formula is C93H152N8O12+4. The second-order valence-electron chi connectivity index (χ2n) is 35.2. The molecule has 0 spiro atoms. The van der Waals surface area contributed by atoms with Crippen LogP contribution in [0.4, 0.5) is 22.7 Å². The zero-order chi connectivity index (χ0) is 81.6. The molecule has 0 bridgehead atoms. The van der Waals surface area contributed by atoms with E-state index in [4.69, 9.17) is 76.8 Å². The summed E-state index contributed by atoms with van der Waals surface area (Å²) in [5.41, 5.74) is 15.1. The first-order chi connectivity index (χ1) is 54.1. The SMILES string of the molecule is C=C(CC)CCCCCCC[N+](C)(C)c1cncc2c1C(OCC(COC1OC(C)OCc3cncc([N+](C)(C)CCCCCCCC(=C)CC)c31)(COC1OC(C)OCc3cncc([N+](C)(C)CCCCCCCC(=C)CC)c31)COC1OC(C)OCc3cncc([N+](C)(C)CCCCCCCC(=C)CC)c31)OC(C)OC2. The minimum atomic E-state index is -1.27. The van der Waals surface area contributed by atoms with Crippen molar-refractivity contribution in [2.45, 2.75) is 312 Å². The lowest BCUT2D eigenvalue weighted by Crippen LogP contribution is -2.46. The Kier molecular flexibility index (Phi) is 38.3. The monoisotopic (exact) mass is 1570 g/mol. The van der Waals surface area contributed by atoms with Gasteiger partial charge in [0.2, 0.25) is 0 Å². The molecule has 4 aliphatic rings. The largest absolute Gasteiger partial charge is 0.348 e. The molecule has 20 nitrogen and oxygen atoms in total. The van der Waals surface area contributed by atoms with Gasteiger partial charge in [0.15, 0.2) is 73.1 Å². The molecule has 0 fully saturated rings. The van der Waals surface area contributed by atoms with Crippen molar-refractivity contribution in [2.75, 3.05) is 109 Å². The number of allylic oxidation sites excluding steroid dienone is 4. The van der Waals surface area contributed by atoms with Gasteiger partial charge in [0, 0.05) is 47.0 Å². The van der Waals surface area contributed by atoms with Crippen LogP contribution in [0, 0.1) is 5.41 Å². The smallest absolute Gasteiger partial charge is 0.193 e. The Morgan fingerprint density at radius 3 is 0.717 bits per heavy atom. The maximum absolute atomic E-state index is 7.71. The van der Waals surface area contributed by atoms with Gasteiger partial charge < -0.3 is 56.8 Å². The van der Waals surface area contributed by atoms with E-state index in [2.05, 4.69) is 110 Å². The molecule has 0 N–H and O–H groups in total. The molecule has 0 saturated carbocycles. The van der Waals surface area contributed by atoms with Gasteiger partial charge in [-0.3, -0.25) is 37.9 Å². The second-order valence-corrected chi connectivity index (χ2v) is 35.2. The van der Waals surface area contributed by atoms with Crippen molar-refractivity contribution in [3.8, 4) is 0 Å². The Balaban J connectivity index is 1.25. The number of rotatable bonds is 52. The standard InChI is InChI=1S/C93H152N8O12/c1-21-69(5)45-37-29-25-33-41-49-98(13,14)81-57-94-53-77-61-102-73(9)110-89(85(77)81)106-65-93(66-107-90-86-78(62-103-74(10)111-90)54-95-58-82(86)99(15,16)50-42-34-26-30-38-46-70(6)22-2,67-108-91-87-79(63-104-75(11)112-91)55-96-59-83(87)100(17,18)51-43-35-27-31-39-47-71(7)23-3)68-109-92-88-80(64-105-76(12)113-92)56-97-60-84(88)101(19,20)52-44-36-28-32-40-48-72(8)24-4/h53-60,73-76,89-92H,5-8,21-52,61-68H2,1-4,9-20H3/q+4. The first-order valence-electron chi connectivity index (χ1n) is 43.6. The Bertz CT molecular complexity index is 3120. The van der Waals surface area contributed by atoms with Crippen molar-refractivity contribution in [1.29, 1.82) is 0 Å². The van der Waals surface area contributed by atoms with Crippen LogP contribution in [0.3, 0.4) is 0 Å². The predicted octanol–water partition coefficient (Wildman–Crippen LogP) is 21.5. The molecule has 0 aliphatic carbocycles. The molecule has 0 aromatic carbocycles. The summed E-state index contributed by atoms with van der Waals surface area (Å²) in [7, 11) is 18.1. The van der Waals surface area contributed by atoms with Gasteiger partial charge in [-0.25, -0.2) is 0 Å². The Labute approximate surface area is 683 Å². The maximum atomic E-state index is 7.71. The maximum Gasteiger partial charge on any atom is 0.193 e. The van der Waals surface area contributed by atoms with E-state index < -0.39 is 55.7 Å². The molecule has 4 aromatic rings. The quantitative estimate of drug-likeness (QED) is 0.0233. The number of aromatic nitrogens is 4. The van der Waals surface area contributed by atoms with E-state index in [0.717, 1.165) is 222 Å². The van der Waals surface area contributed by atoms with Crippen LogP contribution in [0.1, 0.15) is 305 Å². The van der Waals surface area contributed by atoms with Crippen LogP contribution in [-0.4, -0.2) is 154 Å². The van der Waals surface area contributed by atoms with E-state index in [1.807, 2.05) is 77.3 Å². The van der Waals surface area contributed by atoms with Crippen molar-refractivity contribution in [3.05, 3.63) is 143 Å². The molecule has 0 saturated heterocycles. The fraction of sp³-hybridized carbons (Fsp3) is 0.699. The van der Waals surface area contributed by atoms with Crippen molar-refractivity contribution in [3.63, 3.8) is 0 Å². The molecule has 113 heavy (non-hydrogen) atoms. The van der Waals surface area contributed by atoms with E-state index in [1.54, 1.807) is 0 Å². The van der Waals surface area contributed by atoms with Crippen LogP contribution in [0.2, 0.25) is 0 Å². The van der Waals surface area contributed by atoms with Crippen LogP contribution < -0.4 is 17.9 Å². The lowest BCUT2D eigenvalue weighted by atomic mass is 9.91. The van der Waals surface area contributed by atoms with Gasteiger partial charge in [-0.2, -0.15) is 0 Å². The third-order valence-electron chi connectivity index (χ3n) is 24.1. The van der Waals surface area contributed by atoms with E-state index in [0.29, 0.717) is 17.9 Å². The van der Waals surface area contributed by atoms with Crippen molar-refractivity contribution >= 4 is 22.7 Å². The molecule has 0 radical (unpaired) electrons. The van der Waals surface area contributed by atoms with Crippen LogP contribution >= 0.6 is 0 Å². The molecule has 8 atom stereocenters. The van der Waals surface area contributed by atoms with Crippen LogP contribution in [0.25, 0.3) is 0 Å². The fourth-order valence-electron chi connectivity index (χ4n) is 16.0. The van der Waals surface area contributed by atoms with Gasteiger partial charge in [-0.15, -0.1) is 0 Å². The molecule has 632 valence electrons. The highest BCUT2D eigenvalue weighted by Crippen LogP contribution is 2.46. The summed E-state index contributed by atoms with van der Waals surface area (Å²) in [5.74, 6) is 0. The third kappa shape index (κ3) is 28.6. The fourth-order valence-corrected chi connectivity index (χ4v) is 16.0. The molecule has 8 rings (SSSR count). The average Bonchev–Trinajstić information content (AvgIpc) is 1.78. The Hall–Kier alpha value is -5.08. The zero-order valence-electron chi connectivity index (χ0n) is 73.3. The number of ether oxygens (including phenoxy) is 12. The summed E-state index contributed by atoms with van der Waals surface area (Å²) in [6, 6.07) is 0. The number of nitrogens with zero attached hydrogens (tertiary/aromatic N) is 8. The van der Waals surface area contributed by atoms with Crippen LogP contribution in [0.15, 0.2) is 98.2 Å². The number of pyridine rings is 4. The minimum absolute atomic E-state index is 0.0433. The molecule has 20 heteroatoms. The van der Waals surface area contributed by atoms with Gasteiger partial charge in [-0.05, 0) is 156 Å². The summed E-state index contributed by atoms with van der Waals surface area (Å²) in [6.45, 7) is 38.0. The summed E-state index contributed by atoms with van der Waals surface area (Å²) >= 11 is 0. The van der Waals surface area contributed by atoms with Gasteiger partial charge in [0.05, 0.1) is 188 Å². The van der Waals surface area contributed by atoms with E-state index in [1.165, 1.54) is 73.7 Å². The minimum Gasteiger partial charge on any atom is -0.348 e. The number of fused-ring (bicyclic) bond motifs is 4. The van der Waals surface area contributed by atoms with E-state index in [-0.39, 0.29) is 52.9 Å². The molecule has 0 amide bonds. The van der Waals surface area contributed by atoms with Gasteiger partial charge >= 0.3 is 0 Å². The summed E-state index contributed by atoms with van der Waals surface area (Å²) in [5, 5.41) is 0. The lowest BCUT2D eigenvalue weighted by molar-refractivity contribution is -0.294. The van der Waals surface area contributed by atoms with Crippen molar-refractivity contribution in [1.82, 2.24) is 37.9 Å². The van der Waals surface area contributed by atoms with Gasteiger partial charge in [0.25, 0.3) is 0 Å². The van der Waals surface area contributed by atoms with Crippen LogP contribution in [0.5, 0.6) is 0 Å². The van der Waals surface area contributed by atoms with Crippen LogP contribution in [-0.2, 0) is 83.3 Å². The van der Waals surface area contributed by atoms with E-state index in [9.17, 15) is 0 Å². The number of unbranched alkanes of at least 4 members (excludes halogenated alkanes) is 16. The lowest BCUT2D eigenvalue weighted by Gasteiger charge is -2.39. The molecule has 4 aliphatic heterocycles. The number of hydrogen-bond donors (Lipinski definition) is 0. The van der Waals surface area contributed by atoms with Crippen molar-refractivity contribution in [2.24, 2.45) is 5.41 Å². The molecule has 8 heterocycles. The second kappa shape index (κ2) is 46.3. The third-order valence-corrected chi connectivity index (χ3v) is 24.1. The predicted molar refractivity (Wildman–Crippen MR) is 458 cm³/mol. The normalized spacial score (nSPS) is 20.9. The summed E-state index contributed by atoms with van der Waals surface area (Å²) in [4.78, 5) is 19.7. The first-order valence-corrected chi connectivity index (χ1v) is 43.6. The average molecular weight is 1570 g/mol. The molecule has 8 unspecified atom stereocenters. The first kappa shape index (κ1) is 93.4. The highest BCUT2D eigenvalue weighted by Gasteiger charge is 2.46. The summed E-state index contributed by atoms with van der Waals surface area (Å²) < 4.78 is 87.4.